The lowest BCUT2D eigenvalue weighted by Gasteiger charge is -2.23. The maximum absolute atomic E-state index is 11.5. The number of fused-ring (bicyclic) bond motifs is 1. The first-order chi connectivity index (χ1) is 15.4. The predicted molar refractivity (Wildman–Crippen MR) is 119 cm³/mol. The highest BCUT2D eigenvalue weighted by Crippen LogP contribution is 2.47. The Kier molecular flexibility index (Phi) is 4.71. The highest BCUT2D eigenvalue weighted by Gasteiger charge is 2.35. The summed E-state index contributed by atoms with van der Waals surface area (Å²) in [5.41, 5.74) is 9.57. The molecule has 2 aromatic carbocycles. The lowest BCUT2D eigenvalue weighted by molar-refractivity contribution is -0.384. The number of nitrogens with zero attached hydrogens (tertiary/aromatic N) is 2. The molecule has 0 fully saturated rings. The smallest absolute Gasteiger partial charge is 0.280 e. The van der Waals surface area contributed by atoms with E-state index in [1.54, 1.807) is 12.1 Å². The number of furan rings is 1. The first-order valence-corrected chi connectivity index (χ1v) is 10.1. The molecule has 0 unspecified atom stereocenters. The molecule has 0 spiro atoms. The zero-order valence-corrected chi connectivity index (χ0v) is 17.6. The van der Waals surface area contributed by atoms with Gasteiger partial charge in [0.1, 0.15) is 11.5 Å². The van der Waals surface area contributed by atoms with Crippen LogP contribution in [0.5, 0.6) is 5.88 Å². The van der Waals surface area contributed by atoms with Crippen molar-refractivity contribution in [3.05, 3.63) is 98.6 Å². The normalized spacial score (nSPS) is 15.4. The summed E-state index contributed by atoms with van der Waals surface area (Å²) in [5.74, 6) is 1.10. The number of nitrogens with two attached hydrogens (primary N) is 1. The van der Waals surface area contributed by atoms with Crippen molar-refractivity contribution in [2.24, 2.45) is 5.73 Å². The second-order valence-corrected chi connectivity index (χ2v) is 7.82. The van der Waals surface area contributed by atoms with Gasteiger partial charge >= 0.3 is 0 Å². The molecule has 5 rings (SSSR count). The summed E-state index contributed by atoms with van der Waals surface area (Å²) in [6, 6.07) is 17.5. The average molecular weight is 449 g/mol. The van der Waals surface area contributed by atoms with Crippen molar-refractivity contribution >= 4 is 17.3 Å². The Hall–Kier alpha value is -4.04. The number of halogens is 1. The molecular weight excluding hydrogens is 432 g/mol. The van der Waals surface area contributed by atoms with E-state index in [0.717, 1.165) is 22.4 Å². The van der Waals surface area contributed by atoms with Crippen LogP contribution in [-0.4, -0.2) is 15.1 Å². The van der Waals surface area contributed by atoms with Gasteiger partial charge in [0.15, 0.2) is 5.88 Å². The van der Waals surface area contributed by atoms with Crippen LogP contribution in [0.2, 0.25) is 5.02 Å². The number of hydrogen-bond acceptors (Lipinski definition) is 6. The van der Waals surface area contributed by atoms with Gasteiger partial charge in [0.05, 0.1) is 27.7 Å². The lowest BCUT2D eigenvalue weighted by atomic mass is 9.87. The molecule has 9 heteroatoms. The van der Waals surface area contributed by atoms with Crippen LogP contribution in [0.3, 0.4) is 0 Å². The molecule has 0 amide bonds. The van der Waals surface area contributed by atoms with E-state index in [9.17, 15) is 10.1 Å². The molecule has 0 radical (unpaired) electrons. The van der Waals surface area contributed by atoms with Gasteiger partial charge in [0, 0.05) is 16.7 Å². The summed E-state index contributed by atoms with van der Waals surface area (Å²) >= 11 is 6.09. The van der Waals surface area contributed by atoms with Gasteiger partial charge in [-0.1, -0.05) is 41.9 Å². The Balaban J connectivity index is 1.65. The summed E-state index contributed by atoms with van der Waals surface area (Å²) < 4.78 is 11.9. The molecule has 160 valence electrons. The highest BCUT2D eigenvalue weighted by atomic mass is 35.5. The molecule has 2 aromatic heterocycles. The number of H-pyrrole nitrogens is 1. The average Bonchev–Trinajstić information content (AvgIpc) is 3.42. The fourth-order valence-electron chi connectivity index (χ4n) is 3.92. The van der Waals surface area contributed by atoms with E-state index in [0.29, 0.717) is 28.0 Å². The molecule has 4 aromatic rings. The topological polar surface area (TPSA) is 120 Å². The van der Waals surface area contributed by atoms with Crippen LogP contribution in [0.1, 0.15) is 24.2 Å². The fraction of sp³-hybridized carbons (Fsp3) is 0.0870. The summed E-state index contributed by atoms with van der Waals surface area (Å²) in [7, 11) is 0. The van der Waals surface area contributed by atoms with Gasteiger partial charge < -0.3 is 14.9 Å². The van der Waals surface area contributed by atoms with Gasteiger partial charge in [-0.3, -0.25) is 15.2 Å². The third kappa shape index (κ3) is 3.21. The summed E-state index contributed by atoms with van der Waals surface area (Å²) in [5, 5.41) is 19.2. The molecule has 0 saturated carbocycles. The van der Waals surface area contributed by atoms with E-state index in [1.807, 2.05) is 37.3 Å². The Morgan fingerprint density at radius 3 is 2.69 bits per heavy atom. The second kappa shape index (κ2) is 7.58. The lowest BCUT2D eigenvalue weighted by Crippen LogP contribution is -2.19. The number of nitrogens with one attached hydrogen (secondary N) is 1. The van der Waals surface area contributed by atoms with Gasteiger partial charge in [-0.2, -0.15) is 0 Å². The molecule has 8 nitrogen and oxygen atoms in total. The number of hydrogen-bond donors (Lipinski definition) is 2. The molecular formula is C23H17ClN4O4. The SMILES string of the molecule is CC1=C(N)Oc2n[nH]c(-c3ccccc3)c2[C@@H]1c1ccc(-c2cc(Cl)ccc2[N+](=O)[O-])o1. The molecule has 3 N–H and O–H groups in total. The van der Waals surface area contributed by atoms with E-state index in [2.05, 4.69) is 10.2 Å². The largest absolute Gasteiger partial charge is 0.460 e. The maximum Gasteiger partial charge on any atom is 0.280 e. The van der Waals surface area contributed by atoms with Crippen LogP contribution < -0.4 is 10.5 Å². The number of rotatable bonds is 4. The second-order valence-electron chi connectivity index (χ2n) is 7.39. The maximum atomic E-state index is 11.5. The number of aromatic amines is 1. The van der Waals surface area contributed by atoms with Crippen molar-refractivity contribution < 1.29 is 14.1 Å². The molecule has 0 aliphatic carbocycles. The monoisotopic (exact) mass is 448 g/mol. The molecule has 1 aliphatic rings. The van der Waals surface area contributed by atoms with Crippen molar-refractivity contribution in [2.45, 2.75) is 12.8 Å². The fourth-order valence-corrected chi connectivity index (χ4v) is 4.09. The number of nitro groups is 1. The number of ether oxygens (including phenoxy) is 1. The Morgan fingerprint density at radius 2 is 1.94 bits per heavy atom. The Morgan fingerprint density at radius 1 is 1.16 bits per heavy atom. The van der Waals surface area contributed by atoms with Crippen LogP contribution in [0, 0.1) is 10.1 Å². The third-order valence-electron chi connectivity index (χ3n) is 5.48. The zero-order chi connectivity index (χ0) is 22.4. The van der Waals surface area contributed by atoms with Crippen LogP contribution in [0.4, 0.5) is 5.69 Å². The quantitative estimate of drug-likeness (QED) is 0.309. The van der Waals surface area contributed by atoms with Crippen LogP contribution in [0.25, 0.3) is 22.6 Å². The van der Waals surface area contributed by atoms with E-state index >= 15 is 0 Å². The van der Waals surface area contributed by atoms with Crippen LogP contribution in [-0.2, 0) is 0 Å². The number of allylic oxidation sites excluding steroid dienone is 1. The van der Waals surface area contributed by atoms with Crippen molar-refractivity contribution in [2.75, 3.05) is 0 Å². The van der Waals surface area contributed by atoms with Crippen molar-refractivity contribution in [1.29, 1.82) is 0 Å². The highest BCUT2D eigenvalue weighted by molar-refractivity contribution is 6.31. The van der Waals surface area contributed by atoms with E-state index in [4.69, 9.17) is 26.5 Å². The number of aromatic nitrogens is 2. The summed E-state index contributed by atoms with van der Waals surface area (Å²) in [6.45, 7) is 1.86. The van der Waals surface area contributed by atoms with Gasteiger partial charge in [0.25, 0.3) is 5.69 Å². The first kappa shape index (κ1) is 19.9. The van der Waals surface area contributed by atoms with Crippen molar-refractivity contribution in [1.82, 2.24) is 10.2 Å². The van der Waals surface area contributed by atoms with E-state index < -0.39 is 4.92 Å². The van der Waals surface area contributed by atoms with Gasteiger partial charge in [0.2, 0.25) is 5.88 Å². The third-order valence-corrected chi connectivity index (χ3v) is 5.72. The van der Waals surface area contributed by atoms with Crippen LogP contribution >= 0.6 is 11.6 Å². The predicted octanol–water partition coefficient (Wildman–Crippen LogP) is 5.61. The Bertz CT molecular complexity index is 1370. The minimum atomic E-state index is -0.465. The molecule has 1 atom stereocenters. The molecule has 1 aliphatic heterocycles. The van der Waals surface area contributed by atoms with Crippen LogP contribution in [0.15, 0.2) is 76.5 Å². The number of benzene rings is 2. The molecule has 0 saturated heterocycles. The molecule has 3 heterocycles. The van der Waals surface area contributed by atoms with E-state index in [-0.39, 0.29) is 17.5 Å². The van der Waals surface area contributed by atoms with Crippen molar-refractivity contribution in [3.63, 3.8) is 0 Å². The van der Waals surface area contributed by atoms with Gasteiger partial charge in [-0.05, 0) is 36.8 Å². The van der Waals surface area contributed by atoms with Gasteiger partial charge in [-0.15, -0.1) is 5.10 Å². The Labute approximate surface area is 187 Å². The minimum absolute atomic E-state index is 0.0944. The van der Waals surface area contributed by atoms with Gasteiger partial charge in [-0.25, -0.2) is 0 Å². The minimum Gasteiger partial charge on any atom is -0.460 e. The summed E-state index contributed by atoms with van der Waals surface area (Å²) in [6.07, 6.45) is 0. The zero-order valence-electron chi connectivity index (χ0n) is 16.8. The first-order valence-electron chi connectivity index (χ1n) is 9.76. The summed E-state index contributed by atoms with van der Waals surface area (Å²) in [4.78, 5) is 11.0. The molecule has 0 bridgehead atoms. The van der Waals surface area contributed by atoms with Crippen molar-refractivity contribution in [3.8, 4) is 28.5 Å². The molecule has 32 heavy (non-hydrogen) atoms. The number of nitro benzene ring substituents is 1. The van der Waals surface area contributed by atoms with E-state index in [1.165, 1.54) is 18.2 Å². The standard InChI is InChI=1S/C23H17ClN4O4/c1-12-19(18-10-9-17(31-18)15-11-14(24)7-8-16(15)28(29)30)20-21(13-5-3-2-4-6-13)26-27-23(20)32-22(12)25/h2-11,19H,25H2,1H3,(H,26,27)/t19-/m0/s1.